The van der Waals surface area contributed by atoms with Crippen molar-refractivity contribution in [1.82, 2.24) is 4.90 Å². The van der Waals surface area contributed by atoms with Crippen LogP contribution in [0.1, 0.15) is 32.8 Å². The van der Waals surface area contributed by atoms with Gasteiger partial charge in [-0.2, -0.15) is 0 Å². The maximum atomic E-state index is 12.2. The van der Waals surface area contributed by atoms with Crippen molar-refractivity contribution in [3.63, 3.8) is 0 Å². The van der Waals surface area contributed by atoms with Crippen molar-refractivity contribution in [1.29, 1.82) is 0 Å². The maximum absolute atomic E-state index is 12.2. The number of benzene rings is 1. The molecule has 1 fully saturated rings. The minimum absolute atomic E-state index is 0.215. The Balaban J connectivity index is 1.95. The van der Waals surface area contributed by atoms with Crippen molar-refractivity contribution < 1.29 is 9.53 Å². The van der Waals surface area contributed by atoms with Crippen molar-refractivity contribution in [3.05, 3.63) is 29.8 Å². The summed E-state index contributed by atoms with van der Waals surface area (Å²) in [7, 11) is 0. The first kappa shape index (κ1) is 16.6. The molecule has 2 N–H and O–H groups in total. The first-order valence-corrected chi connectivity index (χ1v) is 7.91. The Morgan fingerprint density at radius 1 is 1.14 bits per heavy atom. The lowest BCUT2D eigenvalue weighted by Crippen LogP contribution is -2.39. The van der Waals surface area contributed by atoms with Crippen LogP contribution in [0.5, 0.6) is 0 Å². The van der Waals surface area contributed by atoms with Gasteiger partial charge in [0.25, 0.3) is 0 Å². The number of hydrogen-bond acceptors (Lipinski definition) is 4. The van der Waals surface area contributed by atoms with Crippen LogP contribution in [0.25, 0.3) is 0 Å². The summed E-state index contributed by atoms with van der Waals surface area (Å²) in [6, 6.07) is 8.33. The third-order valence-electron chi connectivity index (χ3n) is 3.68. The highest BCUT2D eigenvalue weighted by Gasteiger charge is 2.24. The van der Waals surface area contributed by atoms with Crippen LogP contribution in [0, 0.1) is 0 Å². The summed E-state index contributed by atoms with van der Waals surface area (Å²) in [6.45, 7) is 9.45. The van der Waals surface area contributed by atoms with E-state index in [2.05, 4.69) is 29.2 Å². The van der Waals surface area contributed by atoms with Gasteiger partial charge in [0, 0.05) is 38.4 Å². The second-order valence-electron chi connectivity index (χ2n) is 6.68. The monoisotopic (exact) mass is 305 g/mol. The van der Waals surface area contributed by atoms with E-state index in [4.69, 9.17) is 10.5 Å². The SMILES string of the molecule is CC(C)(C)OC(=O)N1CCCN(c2ccc(CN)cc2)CC1. The van der Waals surface area contributed by atoms with Crippen LogP contribution in [0.15, 0.2) is 24.3 Å². The number of nitrogens with two attached hydrogens (primary N) is 1. The zero-order chi connectivity index (χ0) is 16.2. The summed E-state index contributed by atoms with van der Waals surface area (Å²) < 4.78 is 5.46. The molecule has 0 unspecified atom stereocenters. The van der Waals surface area contributed by atoms with Gasteiger partial charge in [0.05, 0.1) is 0 Å². The molecule has 0 aromatic heterocycles. The minimum atomic E-state index is -0.443. The lowest BCUT2D eigenvalue weighted by molar-refractivity contribution is 0.0263. The average Bonchev–Trinajstić information content (AvgIpc) is 2.71. The van der Waals surface area contributed by atoms with Crippen LogP contribution < -0.4 is 10.6 Å². The fourth-order valence-electron chi connectivity index (χ4n) is 2.53. The molecule has 0 saturated carbocycles. The Kier molecular flexibility index (Phi) is 5.29. The average molecular weight is 305 g/mol. The predicted octanol–water partition coefficient (Wildman–Crippen LogP) is 2.59. The van der Waals surface area contributed by atoms with Gasteiger partial charge in [-0.05, 0) is 44.9 Å². The molecular weight excluding hydrogens is 278 g/mol. The third-order valence-corrected chi connectivity index (χ3v) is 3.68. The number of nitrogens with zero attached hydrogens (tertiary/aromatic N) is 2. The first-order chi connectivity index (χ1) is 10.4. The van der Waals surface area contributed by atoms with Crippen LogP contribution in [-0.2, 0) is 11.3 Å². The fraction of sp³-hybridized carbons (Fsp3) is 0.588. The van der Waals surface area contributed by atoms with Gasteiger partial charge in [0.15, 0.2) is 0 Å². The highest BCUT2D eigenvalue weighted by Crippen LogP contribution is 2.18. The van der Waals surface area contributed by atoms with Crippen LogP contribution in [0.4, 0.5) is 10.5 Å². The molecule has 122 valence electrons. The summed E-state index contributed by atoms with van der Waals surface area (Å²) in [5.74, 6) is 0. The highest BCUT2D eigenvalue weighted by atomic mass is 16.6. The molecule has 1 aromatic rings. The molecule has 0 spiro atoms. The summed E-state index contributed by atoms with van der Waals surface area (Å²) in [6.07, 6.45) is 0.727. The number of carbonyl (C=O) groups excluding carboxylic acids is 1. The molecule has 5 nitrogen and oxygen atoms in total. The molecule has 1 heterocycles. The molecule has 5 heteroatoms. The molecule has 0 bridgehead atoms. The standard InChI is InChI=1S/C17H27N3O2/c1-17(2,3)22-16(21)20-10-4-9-19(11-12-20)15-7-5-14(13-18)6-8-15/h5-8H,4,9-13,18H2,1-3H3. The van der Waals surface area contributed by atoms with E-state index in [1.54, 1.807) is 4.90 Å². The molecule has 1 aliphatic heterocycles. The lowest BCUT2D eigenvalue weighted by atomic mass is 10.2. The normalized spacial score (nSPS) is 16.4. The smallest absolute Gasteiger partial charge is 0.410 e. The molecule has 1 saturated heterocycles. The van der Waals surface area contributed by atoms with Crippen LogP contribution >= 0.6 is 0 Å². The van der Waals surface area contributed by atoms with E-state index in [1.807, 2.05) is 20.8 Å². The van der Waals surface area contributed by atoms with E-state index in [0.29, 0.717) is 13.1 Å². The third kappa shape index (κ3) is 4.63. The molecule has 1 amide bonds. The van der Waals surface area contributed by atoms with Gasteiger partial charge in [-0.1, -0.05) is 12.1 Å². The van der Waals surface area contributed by atoms with Gasteiger partial charge in [-0.15, -0.1) is 0 Å². The van der Waals surface area contributed by atoms with Crippen molar-refractivity contribution in [2.75, 3.05) is 31.1 Å². The molecule has 1 aromatic carbocycles. The number of anilines is 1. The maximum Gasteiger partial charge on any atom is 0.410 e. The Hall–Kier alpha value is -1.75. The molecule has 2 rings (SSSR count). The van der Waals surface area contributed by atoms with Gasteiger partial charge in [-0.25, -0.2) is 4.79 Å². The van der Waals surface area contributed by atoms with Crippen LogP contribution in [0.2, 0.25) is 0 Å². The molecule has 0 aliphatic carbocycles. The second kappa shape index (κ2) is 7.01. The van der Waals surface area contributed by atoms with E-state index in [0.717, 1.165) is 31.6 Å². The minimum Gasteiger partial charge on any atom is -0.444 e. The van der Waals surface area contributed by atoms with Crippen molar-refractivity contribution in [2.45, 2.75) is 39.3 Å². The lowest BCUT2D eigenvalue weighted by Gasteiger charge is -2.27. The van der Waals surface area contributed by atoms with Crippen molar-refractivity contribution in [3.8, 4) is 0 Å². The number of hydrogen-bond donors (Lipinski definition) is 1. The highest BCUT2D eigenvalue weighted by molar-refractivity contribution is 5.68. The predicted molar refractivity (Wildman–Crippen MR) is 89.0 cm³/mol. The number of amides is 1. The van der Waals surface area contributed by atoms with Gasteiger partial charge in [0.1, 0.15) is 5.60 Å². The van der Waals surface area contributed by atoms with E-state index < -0.39 is 5.60 Å². The number of rotatable bonds is 2. The summed E-state index contributed by atoms with van der Waals surface area (Å²) >= 11 is 0. The van der Waals surface area contributed by atoms with E-state index >= 15 is 0 Å². The number of ether oxygens (including phenoxy) is 1. The Bertz CT molecular complexity index is 494. The quantitative estimate of drug-likeness (QED) is 0.912. The fourth-order valence-corrected chi connectivity index (χ4v) is 2.53. The van der Waals surface area contributed by atoms with E-state index in [1.165, 1.54) is 5.69 Å². The van der Waals surface area contributed by atoms with Gasteiger partial charge in [-0.3, -0.25) is 0 Å². The number of carbonyl (C=O) groups is 1. The van der Waals surface area contributed by atoms with Crippen LogP contribution in [-0.4, -0.2) is 42.8 Å². The first-order valence-electron chi connectivity index (χ1n) is 7.91. The Morgan fingerprint density at radius 3 is 2.41 bits per heavy atom. The van der Waals surface area contributed by atoms with Crippen molar-refractivity contribution >= 4 is 11.8 Å². The Morgan fingerprint density at radius 2 is 1.82 bits per heavy atom. The van der Waals surface area contributed by atoms with Crippen LogP contribution in [0.3, 0.4) is 0 Å². The molecule has 22 heavy (non-hydrogen) atoms. The zero-order valence-corrected chi connectivity index (χ0v) is 13.8. The van der Waals surface area contributed by atoms with Crippen molar-refractivity contribution in [2.24, 2.45) is 5.73 Å². The summed E-state index contributed by atoms with van der Waals surface area (Å²) in [5, 5.41) is 0. The molecule has 0 radical (unpaired) electrons. The summed E-state index contributed by atoms with van der Waals surface area (Å²) in [5.41, 5.74) is 7.51. The summed E-state index contributed by atoms with van der Waals surface area (Å²) in [4.78, 5) is 16.3. The van der Waals surface area contributed by atoms with E-state index in [9.17, 15) is 4.79 Å². The molecule has 0 atom stereocenters. The largest absolute Gasteiger partial charge is 0.444 e. The Labute approximate surface area is 133 Å². The van der Waals surface area contributed by atoms with Gasteiger partial charge in [0.2, 0.25) is 0 Å². The van der Waals surface area contributed by atoms with Gasteiger partial charge >= 0.3 is 6.09 Å². The van der Waals surface area contributed by atoms with Gasteiger partial charge < -0.3 is 20.3 Å². The molecular formula is C17H27N3O2. The van der Waals surface area contributed by atoms with E-state index in [-0.39, 0.29) is 6.09 Å². The second-order valence-corrected chi connectivity index (χ2v) is 6.68. The molecule has 1 aliphatic rings. The topological polar surface area (TPSA) is 58.8 Å². The zero-order valence-electron chi connectivity index (χ0n) is 13.8.